The average molecular weight is 636 g/mol. The van der Waals surface area contributed by atoms with Gasteiger partial charge in [-0.25, -0.2) is 4.98 Å². The van der Waals surface area contributed by atoms with E-state index in [4.69, 9.17) is 0 Å². The van der Waals surface area contributed by atoms with E-state index in [0.717, 1.165) is 41.7 Å². The van der Waals surface area contributed by atoms with Gasteiger partial charge in [-0.1, -0.05) is 66.7 Å². The van der Waals surface area contributed by atoms with Gasteiger partial charge in [0.15, 0.2) is 0 Å². The van der Waals surface area contributed by atoms with E-state index in [1.807, 2.05) is 4.68 Å². The van der Waals surface area contributed by atoms with E-state index >= 15 is 0 Å². The van der Waals surface area contributed by atoms with Crippen molar-refractivity contribution in [3.05, 3.63) is 127 Å². The molecule has 4 N–H and O–H groups in total. The van der Waals surface area contributed by atoms with Gasteiger partial charge in [0.25, 0.3) is 0 Å². The predicted molar refractivity (Wildman–Crippen MR) is 203 cm³/mol. The highest BCUT2D eigenvalue weighted by molar-refractivity contribution is 6.22. The molecule has 0 saturated heterocycles. The summed E-state index contributed by atoms with van der Waals surface area (Å²) in [5.41, 5.74) is 14.1. The number of hydrogen-bond acceptors (Lipinski definition) is 3. The topological polar surface area (TPSA) is 90.1 Å². The lowest BCUT2D eigenvalue weighted by Crippen LogP contribution is -2.07. The summed E-state index contributed by atoms with van der Waals surface area (Å²) >= 11 is 0. The second-order valence-corrected chi connectivity index (χ2v) is 13.0. The molecule has 0 aliphatic heterocycles. The molecular formula is C42H33N7. The van der Waals surface area contributed by atoms with Crippen LogP contribution in [0.15, 0.2) is 122 Å². The lowest BCUT2D eigenvalue weighted by atomic mass is 9.94. The van der Waals surface area contributed by atoms with Gasteiger partial charge >= 0.3 is 0 Å². The second kappa shape index (κ2) is 10.9. The Morgan fingerprint density at radius 1 is 0.612 bits per heavy atom. The number of anilines is 1. The second-order valence-electron chi connectivity index (χ2n) is 13.0. The molecule has 7 heteroatoms. The standard InChI is InChI=1S/C42H33N7/c1-25-39-31-12-3-5-15-36(31)46-38(39)22-34-40-29(13-7-16-37(40)48-41(25)34)26-9-6-10-27(19-26)32-20-28(44-17-8-18-49-24-43-23-45-49)21-33-30-11-2-4-14-35(30)47-42(32)33/h2-7,9-16,19-24,44,46-48H,8,17-18H2,1H3. The average Bonchev–Trinajstić information content (AvgIpc) is 3.94. The van der Waals surface area contributed by atoms with Gasteiger partial charge in [0.05, 0.1) is 11.0 Å². The van der Waals surface area contributed by atoms with Crippen molar-refractivity contribution in [3.8, 4) is 22.3 Å². The van der Waals surface area contributed by atoms with Gasteiger partial charge in [-0.2, -0.15) is 5.10 Å². The molecule has 0 fully saturated rings. The van der Waals surface area contributed by atoms with Crippen molar-refractivity contribution < 1.29 is 0 Å². The molecule has 0 amide bonds. The Bertz CT molecular complexity index is 2850. The lowest BCUT2D eigenvalue weighted by Gasteiger charge is -2.13. The molecule has 0 aliphatic carbocycles. The summed E-state index contributed by atoms with van der Waals surface area (Å²) < 4.78 is 1.87. The lowest BCUT2D eigenvalue weighted by molar-refractivity contribution is 0.590. The molecule has 7 nitrogen and oxygen atoms in total. The molecule has 0 aliphatic rings. The number of fused-ring (bicyclic) bond motifs is 9. The van der Waals surface area contributed by atoms with Gasteiger partial charge in [-0.05, 0) is 78.1 Å². The third-order valence-electron chi connectivity index (χ3n) is 10.1. The van der Waals surface area contributed by atoms with E-state index < -0.39 is 0 Å². The number of aryl methyl sites for hydroxylation is 2. The Morgan fingerprint density at radius 2 is 1.37 bits per heavy atom. The smallest absolute Gasteiger partial charge is 0.137 e. The van der Waals surface area contributed by atoms with E-state index in [9.17, 15) is 0 Å². The molecule has 0 unspecified atom stereocenters. The third kappa shape index (κ3) is 4.43. The fourth-order valence-electron chi connectivity index (χ4n) is 7.86. The van der Waals surface area contributed by atoms with Gasteiger partial charge in [0, 0.05) is 78.7 Å². The fourth-order valence-corrected chi connectivity index (χ4v) is 7.86. The highest BCUT2D eigenvalue weighted by atomic mass is 15.3. The summed E-state index contributed by atoms with van der Waals surface area (Å²) in [6.07, 6.45) is 4.30. The number of aromatic amines is 3. The van der Waals surface area contributed by atoms with Crippen molar-refractivity contribution in [1.29, 1.82) is 0 Å². The molecule has 0 spiro atoms. The maximum atomic E-state index is 4.24. The Labute approximate surface area is 281 Å². The molecule has 4 heterocycles. The van der Waals surface area contributed by atoms with E-state index in [2.05, 4.69) is 146 Å². The zero-order valence-corrected chi connectivity index (χ0v) is 27.0. The van der Waals surface area contributed by atoms with Crippen molar-refractivity contribution in [2.24, 2.45) is 0 Å². The summed E-state index contributed by atoms with van der Waals surface area (Å²) in [7, 11) is 0. The first kappa shape index (κ1) is 27.7. The molecule has 6 aromatic carbocycles. The molecule has 4 aromatic heterocycles. The Balaban J connectivity index is 1.11. The van der Waals surface area contributed by atoms with Gasteiger partial charge in [0.2, 0.25) is 0 Å². The first-order valence-corrected chi connectivity index (χ1v) is 16.9. The maximum Gasteiger partial charge on any atom is 0.137 e. The minimum absolute atomic E-state index is 0.821. The van der Waals surface area contributed by atoms with Gasteiger partial charge < -0.3 is 20.3 Å². The van der Waals surface area contributed by atoms with Crippen LogP contribution >= 0.6 is 0 Å². The predicted octanol–water partition coefficient (Wildman–Crippen LogP) is 10.3. The zero-order valence-electron chi connectivity index (χ0n) is 27.0. The first-order chi connectivity index (χ1) is 24.2. The van der Waals surface area contributed by atoms with E-state index in [-0.39, 0.29) is 0 Å². The first-order valence-electron chi connectivity index (χ1n) is 16.9. The van der Waals surface area contributed by atoms with Gasteiger partial charge in [-0.15, -0.1) is 0 Å². The molecule has 0 bridgehead atoms. The summed E-state index contributed by atoms with van der Waals surface area (Å²) in [5.74, 6) is 0. The van der Waals surface area contributed by atoms with Crippen molar-refractivity contribution in [2.45, 2.75) is 19.9 Å². The van der Waals surface area contributed by atoms with Crippen LogP contribution in [0.25, 0.3) is 87.7 Å². The quantitative estimate of drug-likeness (QED) is 0.131. The van der Waals surface area contributed by atoms with Crippen LogP contribution in [-0.4, -0.2) is 36.3 Å². The maximum absolute atomic E-state index is 4.24. The van der Waals surface area contributed by atoms with Crippen LogP contribution in [0.2, 0.25) is 0 Å². The molecule has 0 saturated carbocycles. The number of nitrogens with one attached hydrogen (secondary N) is 4. The normalized spacial score (nSPS) is 12.0. The van der Waals surface area contributed by atoms with Crippen LogP contribution in [-0.2, 0) is 6.54 Å². The Morgan fingerprint density at radius 3 is 2.22 bits per heavy atom. The minimum atomic E-state index is 0.821. The summed E-state index contributed by atoms with van der Waals surface area (Å²) in [4.78, 5) is 15.3. The van der Waals surface area contributed by atoms with Crippen LogP contribution < -0.4 is 5.32 Å². The number of hydrogen-bond donors (Lipinski definition) is 4. The molecule has 10 rings (SSSR count). The number of benzene rings is 6. The fraction of sp³-hybridized carbons (Fsp3) is 0.0952. The molecule has 0 atom stereocenters. The van der Waals surface area contributed by atoms with Gasteiger partial charge in [-0.3, -0.25) is 4.68 Å². The van der Waals surface area contributed by atoms with Crippen molar-refractivity contribution in [1.82, 2.24) is 29.7 Å². The number of nitrogens with zero attached hydrogens (tertiary/aromatic N) is 3. The third-order valence-corrected chi connectivity index (χ3v) is 10.1. The monoisotopic (exact) mass is 635 g/mol. The van der Waals surface area contributed by atoms with Gasteiger partial charge in [0.1, 0.15) is 12.7 Å². The van der Waals surface area contributed by atoms with Crippen LogP contribution in [0.3, 0.4) is 0 Å². The van der Waals surface area contributed by atoms with Crippen molar-refractivity contribution in [3.63, 3.8) is 0 Å². The number of H-pyrrole nitrogens is 3. The van der Waals surface area contributed by atoms with Crippen LogP contribution in [0.5, 0.6) is 0 Å². The number of aromatic nitrogens is 6. The zero-order chi connectivity index (χ0) is 32.5. The molecule has 49 heavy (non-hydrogen) atoms. The van der Waals surface area contributed by atoms with Crippen molar-refractivity contribution >= 4 is 71.1 Å². The van der Waals surface area contributed by atoms with Crippen LogP contribution in [0, 0.1) is 6.92 Å². The number of rotatable bonds is 7. The van der Waals surface area contributed by atoms with Crippen molar-refractivity contribution in [2.75, 3.05) is 11.9 Å². The molecule has 0 radical (unpaired) electrons. The van der Waals surface area contributed by atoms with E-state index in [1.165, 1.54) is 76.7 Å². The largest absolute Gasteiger partial charge is 0.385 e. The Kier molecular flexibility index (Phi) is 6.15. The highest BCUT2D eigenvalue weighted by Gasteiger charge is 2.18. The van der Waals surface area contributed by atoms with Crippen LogP contribution in [0.1, 0.15) is 12.0 Å². The molecule has 236 valence electrons. The summed E-state index contributed by atoms with van der Waals surface area (Å²) in [6.45, 7) is 3.89. The summed E-state index contributed by atoms with van der Waals surface area (Å²) in [5, 5.41) is 15.4. The minimum Gasteiger partial charge on any atom is -0.385 e. The SMILES string of the molecule is Cc1c2[nH]c3cccc(-c4cccc(-c5cc(NCCCn6cncn6)cc6c5[nH]c5ccccc56)c4)c3c2cc2[nH]c3ccccc3c12. The highest BCUT2D eigenvalue weighted by Crippen LogP contribution is 2.42. The van der Waals surface area contributed by atoms with Crippen LogP contribution in [0.4, 0.5) is 5.69 Å². The summed E-state index contributed by atoms with van der Waals surface area (Å²) in [6, 6.07) is 39.6. The molecular weight excluding hydrogens is 603 g/mol. The van der Waals surface area contributed by atoms with E-state index in [0.29, 0.717) is 0 Å². The molecule has 10 aromatic rings. The number of para-hydroxylation sites is 2. The van der Waals surface area contributed by atoms with E-state index in [1.54, 1.807) is 12.7 Å². The Hall–Kier alpha value is -6.34.